The molecule has 0 aromatic carbocycles. The molecule has 0 saturated carbocycles. The van der Waals surface area contributed by atoms with Crippen molar-refractivity contribution >= 4 is 5.97 Å². The van der Waals surface area contributed by atoms with E-state index in [1.165, 1.54) is 12.8 Å². The lowest BCUT2D eigenvalue weighted by Crippen LogP contribution is -1.97. The highest BCUT2D eigenvalue weighted by Crippen LogP contribution is 2.08. The quantitative estimate of drug-likeness (QED) is 0.175. The summed E-state index contributed by atoms with van der Waals surface area (Å²) >= 11 is 0. The first kappa shape index (κ1) is 22.8. The topological polar surface area (TPSA) is 80.4 Å². The Labute approximate surface area is 151 Å². The maximum Gasteiger partial charge on any atom is 0.303 e. The van der Waals surface area contributed by atoms with Crippen molar-refractivity contribution in [1.82, 2.24) is 0 Å². The number of hydrogen-bond donors (Lipinski definition) is 1. The summed E-state index contributed by atoms with van der Waals surface area (Å²) in [5.74, 6) is -0.766. The van der Waals surface area contributed by atoms with Gasteiger partial charge in [0.1, 0.15) is 0 Å². The van der Waals surface area contributed by atoms with Crippen LogP contribution in [0.3, 0.4) is 0 Å². The van der Waals surface area contributed by atoms with Gasteiger partial charge in [0.05, 0.1) is 11.3 Å². The van der Waals surface area contributed by atoms with Crippen LogP contribution >= 0.6 is 0 Å². The van der Waals surface area contributed by atoms with Gasteiger partial charge < -0.3 is 5.11 Å². The minimum absolute atomic E-state index is 0.196. The third-order valence-electron chi connectivity index (χ3n) is 3.56. The van der Waals surface area contributed by atoms with Gasteiger partial charge in [-0.15, -0.1) is 0 Å². The van der Waals surface area contributed by atoms with E-state index in [4.69, 9.17) is 5.11 Å². The third-order valence-corrected chi connectivity index (χ3v) is 3.56. The van der Waals surface area contributed by atoms with Gasteiger partial charge >= 0.3 is 5.97 Å². The first-order chi connectivity index (χ1) is 12.1. The first-order valence-corrected chi connectivity index (χ1v) is 9.08. The average molecular weight is 349 g/mol. The van der Waals surface area contributed by atoms with E-state index in [1.54, 1.807) is 6.08 Å². The van der Waals surface area contributed by atoms with Gasteiger partial charge in [-0.2, -0.15) is 0 Å². The van der Waals surface area contributed by atoms with Crippen molar-refractivity contribution in [1.29, 1.82) is 0 Å². The molecule has 0 saturated heterocycles. The second kappa shape index (κ2) is 16.7. The van der Waals surface area contributed by atoms with Crippen LogP contribution in [0, 0.1) is 10.1 Å². The van der Waals surface area contributed by atoms with Crippen molar-refractivity contribution in [3.05, 3.63) is 58.3 Å². The molecule has 0 bridgehead atoms. The summed E-state index contributed by atoms with van der Waals surface area (Å²) in [5, 5.41) is 19.5. The number of carboxylic acids is 1. The lowest BCUT2D eigenvalue weighted by atomic mass is 10.1. The standard InChI is InChI=1S/C20H31NO4/c1-2-3-4-5-10-13-16-19(21(24)25)17-14-11-8-6-7-9-12-15-18-20(22)23/h7-11,13,17H,2-6,12,14-16,18H2,1H3,(H,22,23)/b9-7-,11-8-,13-10-,19-17+. The van der Waals surface area contributed by atoms with Crippen LogP contribution in [-0.4, -0.2) is 16.0 Å². The molecule has 0 aliphatic rings. The maximum absolute atomic E-state index is 11.0. The largest absolute Gasteiger partial charge is 0.481 e. The molecule has 25 heavy (non-hydrogen) atoms. The molecule has 0 spiro atoms. The molecule has 0 aliphatic heterocycles. The molecule has 0 fully saturated rings. The van der Waals surface area contributed by atoms with E-state index in [9.17, 15) is 14.9 Å². The first-order valence-electron chi connectivity index (χ1n) is 9.08. The highest BCUT2D eigenvalue weighted by Gasteiger charge is 2.06. The summed E-state index contributed by atoms with van der Waals surface area (Å²) in [5.41, 5.74) is 0.237. The van der Waals surface area contributed by atoms with Crippen LogP contribution in [0.4, 0.5) is 0 Å². The van der Waals surface area contributed by atoms with E-state index < -0.39 is 5.97 Å². The monoisotopic (exact) mass is 349 g/mol. The van der Waals surface area contributed by atoms with Crippen molar-refractivity contribution < 1.29 is 14.8 Å². The summed E-state index contributed by atoms with van der Waals surface area (Å²) < 4.78 is 0. The van der Waals surface area contributed by atoms with E-state index in [0.29, 0.717) is 19.3 Å². The molecule has 0 aliphatic carbocycles. The molecule has 1 N–H and O–H groups in total. The zero-order valence-corrected chi connectivity index (χ0v) is 15.2. The fourth-order valence-electron chi connectivity index (χ4n) is 2.13. The van der Waals surface area contributed by atoms with Crippen LogP contribution in [0.5, 0.6) is 0 Å². The second-order valence-corrected chi connectivity index (χ2v) is 5.82. The Balaban J connectivity index is 4.00. The predicted molar refractivity (Wildman–Crippen MR) is 102 cm³/mol. The fraction of sp³-hybridized carbons (Fsp3) is 0.550. The Bertz CT molecular complexity index is 490. The van der Waals surface area contributed by atoms with Crippen LogP contribution in [0.25, 0.3) is 0 Å². The van der Waals surface area contributed by atoms with E-state index >= 15 is 0 Å². The molecule has 0 amide bonds. The van der Waals surface area contributed by atoms with Crippen LogP contribution < -0.4 is 0 Å². The number of carboxylic acid groups (broad SMARTS) is 1. The molecule has 0 aromatic heterocycles. The van der Waals surface area contributed by atoms with Gasteiger partial charge in [-0.25, -0.2) is 0 Å². The van der Waals surface area contributed by atoms with Crippen LogP contribution in [0.1, 0.15) is 71.1 Å². The number of allylic oxidation sites excluding steroid dienone is 7. The van der Waals surface area contributed by atoms with Crippen LogP contribution in [0.2, 0.25) is 0 Å². The molecule has 0 aromatic rings. The van der Waals surface area contributed by atoms with E-state index in [2.05, 4.69) is 6.92 Å². The number of carbonyl (C=O) groups is 1. The predicted octanol–water partition coefficient (Wildman–Crippen LogP) is 5.82. The Morgan fingerprint density at radius 2 is 1.60 bits per heavy atom. The van der Waals surface area contributed by atoms with Gasteiger partial charge in [0.25, 0.3) is 0 Å². The van der Waals surface area contributed by atoms with Gasteiger partial charge in [0, 0.05) is 6.42 Å². The molecular formula is C20H31NO4. The Morgan fingerprint density at radius 3 is 2.28 bits per heavy atom. The van der Waals surface area contributed by atoms with Gasteiger partial charge in [-0.05, 0) is 44.6 Å². The lowest BCUT2D eigenvalue weighted by molar-refractivity contribution is -0.427. The molecule has 0 atom stereocenters. The molecule has 5 nitrogen and oxygen atoms in total. The average Bonchev–Trinajstić information content (AvgIpc) is 2.57. The number of rotatable bonds is 15. The van der Waals surface area contributed by atoms with Gasteiger partial charge in [-0.1, -0.05) is 56.2 Å². The Kier molecular flexibility index (Phi) is 15.2. The summed E-state index contributed by atoms with van der Waals surface area (Å²) in [6.45, 7) is 2.15. The molecular weight excluding hydrogens is 318 g/mol. The molecule has 0 heterocycles. The second-order valence-electron chi connectivity index (χ2n) is 5.82. The number of aliphatic carboxylic acids is 1. The molecule has 140 valence electrons. The highest BCUT2D eigenvalue weighted by molar-refractivity contribution is 5.66. The van der Waals surface area contributed by atoms with E-state index in [0.717, 1.165) is 25.7 Å². The zero-order valence-electron chi connectivity index (χ0n) is 15.2. The summed E-state index contributed by atoms with van der Waals surface area (Å²) in [6, 6.07) is 0. The summed E-state index contributed by atoms with van der Waals surface area (Å²) in [6.07, 6.45) is 21.2. The fourth-order valence-corrected chi connectivity index (χ4v) is 2.13. The molecule has 5 heteroatoms. The Hall–Kier alpha value is -2.17. The normalized spacial score (nSPS) is 12.6. The third kappa shape index (κ3) is 16.5. The van der Waals surface area contributed by atoms with Crippen molar-refractivity contribution in [3.8, 4) is 0 Å². The number of nitrogens with zero attached hydrogens (tertiary/aromatic N) is 1. The highest BCUT2D eigenvalue weighted by atomic mass is 16.6. The van der Waals surface area contributed by atoms with Crippen molar-refractivity contribution in [3.63, 3.8) is 0 Å². The number of hydrogen-bond acceptors (Lipinski definition) is 3. The van der Waals surface area contributed by atoms with Gasteiger partial charge in [0.2, 0.25) is 5.70 Å². The molecule has 0 rings (SSSR count). The van der Waals surface area contributed by atoms with Crippen molar-refractivity contribution in [2.45, 2.75) is 71.1 Å². The molecule has 0 unspecified atom stereocenters. The van der Waals surface area contributed by atoms with E-state index in [-0.39, 0.29) is 17.0 Å². The molecule has 0 radical (unpaired) electrons. The maximum atomic E-state index is 11.0. The van der Waals surface area contributed by atoms with Gasteiger partial charge in [-0.3, -0.25) is 14.9 Å². The number of unbranched alkanes of at least 4 members (excludes halogenated alkanes) is 4. The lowest BCUT2D eigenvalue weighted by Gasteiger charge is -1.94. The smallest absolute Gasteiger partial charge is 0.303 e. The Morgan fingerprint density at radius 1 is 0.960 bits per heavy atom. The summed E-state index contributed by atoms with van der Waals surface area (Å²) in [4.78, 5) is 21.0. The van der Waals surface area contributed by atoms with Crippen LogP contribution in [-0.2, 0) is 4.79 Å². The minimum Gasteiger partial charge on any atom is -0.481 e. The van der Waals surface area contributed by atoms with E-state index in [1.807, 2.05) is 36.5 Å². The summed E-state index contributed by atoms with van der Waals surface area (Å²) in [7, 11) is 0. The van der Waals surface area contributed by atoms with Crippen molar-refractivity contribution in [2.75, 3.05) is 0 Å². The van der Waals surface area contributed by atoms with Crippen molar-refractivity contribution in [2.24, 2.45) is 0 Å². The SMILES string of the molecule is CCCCC/C=C\C/C(=C\C/C=C\C/C=C\CCCC(=O)O)[N+](=O)[O-]. The zero-order chi connectivity index (χ0) is 18.8. The van der Waals surface area contributed by atoms with Gasteiger partial charge in [0.15, 0.2) is 0 Å². The minimum atomic E-state index is -0.766. The number of nitro groups is 1. The van der Waals surface area contributed by atoms with Crippen LogP contribution in [0.15, 0.2) is 48.2 Å².